The number of methoxy groups -OCH3 is 2. The van der Waals surface area contributed by atoms with Crippen LogP contribution < -0.4 is 4.74 Å². The molecule has 0 fully saturated rings. The number of hydrogen-bond donors (Lipinski definition) is 0. The van der Waals surface area contributed by atoms with Crippen LogP contribution in [0.3, 0.4) is 0 Å². The minimum absolute atomic E-state index is 0.0717. The molecule has 0 saturated carbocycles. The summed E-state index contributed by atoms with van der Waals surface area (Å²) in [6, 6.07) is 22.1. The van der Waals surface area contributed by atoms with Crippen molar-refractivity contribution < 1.29 is 23.9 Å². The normalized spacial score (nSPS) is 15.3. The highest BCUT2D eigenvalue weighted by atomic mass is 16.6. The van der Waals surface area contributed by atoms with Crippen molar-refractivity contribution in [2.75, 3.05) is 21.3 Å². The topological polar surface area (TPSA) is 78.7 Å². The maximum absolute atomic E-state index is 12.1. The minimum atomic E-state index is -0.590. The van der Waals surface area contributed by atoms with E-state index in [0.29, 0.717) is 11.5 Å². The van der Waals surface area contributed by atoms with Gasteiger partial charge in [-0.3, -0.25) is 0 Å². The van der Waals surface area contributed by atoms with Gasteiger partial charge in [-0.05, 0) is 54.2 Å². The zero-order chi connectivity index (χ0) is 25.5. The number of carbonyl (C=O) groups excluding carboxylic acids is 1. The number of carbonyl (C=O) groups is 1. The van der Waals surface area contributed by atoms with Gasteiger partial charge in [-0.1, -0.05) is 64.9 Å². The Bertz CT molecular complexity index is 1280. The minimum Gasteiger partial charge on any atom is -0.497 e. The Morgan fingerprint density at radius 2 is 1.75 bits per heavy atom. The Kier molecular flexibility index (Phi) is 8.00. The summed E-state index contributed by atoms with van der Waals surface area (Å²) in [7, 11) is 4.38. The predicted molar refractivity (Wildman–Crippen MR) is 139 cm³/mol. The molecule has 1 aliphatic rings. The molecule has 0 aliphatic heterocycles. The number of benzene rings is 3. The molecule has 7 nitrogen and oxygen atoms in total. The number of hydrogen-bond acceptors (Lipinski definition) is 7. The predicted octanol–water partition coefficient (Wildman–Crippen LogP) is 5.24. The second kappa shape index (κ2) is 11.5. The van der Waals surface area contributed by atoms with Crippen molar-refractivity contribution in [2.45, 2.75) is 32.3 Å². The molecule has 0 aromatic heterocycles. The lowest BCUT2D eigenvalue weighted by atomic mass is 9.92. The molecule has 0 saturated heterocycles. The molecule has 1 unspecified atom stereocenters. The van der Waals surface area contributed by atoms with E-state index in [2.05, 4.69) is 46.7 Å². The van der Waals surface area contributed by atoms with Crippen molar-refractivity contribution in [2.24, 2.45) is 10.3 Å². The molecule has 1 atom stereocenters. The van der Waals surface area contributed by atoms with E-state index in [1.807, 2.05) is 31.2 Å². The number of aryl methyl sites for hydroxylation is 1. The largest absolute Gasteiger partial charge is 0.497 e. The summed E-state index contributed by atoms with van der Waals surface area (Å²) in [6.45, 7) is 2.07. The summed E-state index contributed by atoms with van der Waals surface area (Å²) in [6.07, 6.45) is 2.15. The number of nitrogens with zero attached hydrogens (tertiary/aromatic N) is 2. The van der Waals surface area contributed by atoms with Crippen LogP contribution in [0.5, 0.6) is 5.75 Å². The third-order valence-corrected chi connectivity index (χ3v) is 6.41. The summed E-state index contributed by atoms with van der Waals surface area (Å²) in [5.41, 5.74) is 7.14. The van der Waals surface area contributed by atoms with E-state index in [1.54, 1.807) is 13.2 Å². The Balaban J connectivity index is 1.45. The van der Waals surface area contributed by atoms with Gasteiger partial charge >= 0.3 is 5.97 Å². The summed E-state index contributed by atoms with van der Waals surface area (Å²) in [5.74, 6) is 0.711. The van der Waals surface area contributed by atoms with Gasteiger partial charge in [-0.15, -0.1) is 0 Å². The number of fused-ring (bicyclic) bond motifs is 1. The summed E-state index contributed by atoms with van der Waals surface area (Å²) in [5, 5.41) is 8.12. The second-order valence-electron chi connectivity index (χ2n) is 8.50. The Hall–Kier alpha value is -4.13. The molecular formula is C29H30N2O5. The van der Waals surface area contributed by atoms with E-state index in [-0.39, 0.29) is 12.3 Å². The molecule has 36 heavy (non-hydrogen) atoms. The van der Waals surface area contributed by atoms with Crippen LogP contribution in [0, 0.1) is 0 Å². The highest BCUT2D eigenvalue weighted by Crippen LogP contribution is 2.39. The van der Waals surface area contributed by atoms with E-state index in [1.165, 1.54) is 30.9 Å². The first kappa shape index (κ1) is 25.0. The number of rotatable bonds is 9. The van der Waals surface area contributed by atoms with E-state index in [4.69, 9.17) is 19.1 Å². The molecule has 7 heteroatoms. The molecule has 0 heterocycles. The first-order valence-electron chi connectivity index (χ1n) is 11.8. The lowest BCUT2D eigenvalue weighted by Crippen LogP contribution is -2.19. The molecule has 0 N–H and O–H groups in total. The van der Waals surface area contributed by atoms with Crippen molar-refractivity contribution in [1.82, 2.24) is 0 Å². The third kappa shape index (κ3) is 5.40. The monoisotopic (exact) mass is 486 g/mol. The van der Waals surface area contributed by atoms with Crippen LogP contribution in [0.25, 0.3) is 0 Å². The van der Waals surface area contributed by atoms with E-state index >= 15 is 0 Å². The van der Waals surface area contributed by atoms with E-state index in [0.717, 1.165) is 35.4 Å². The molecule has 3 aromatic carbocycles. The van der Waals surface area contributed by atoms with Crippen molar-refractivity contribution in [3.8, 4) is 5.75 Å². The van der Waals surface area contributed by atoms with Gasteiger partial charge in [0, 0.05) is 17.0 Å². The van der Waals surface area contributed by atoms with Crippen molar-refractivity contribution in [3.05, 3.63) is 100 Å². The fourth-order valence-electron chi connectivity index (χ4n) is 4.54. The van der Waals surface area contributed by atoms with Crippen molar-refractivity contribution in [3.63, 3.8) is 0 Å². The summed E-state index contributed by atoms with van der Waals surface area (Å²) >= 11 is 0. The molecule has 3 aromatic rings. The zero-order valence-electron chi connectivity index (χ0n) is 21.0. The lowest BCUT2D eigenvalue weighted by Gasteiger charge is -2.13. The Labute approximate surface area is 211 Å². The van der Waals surface area contributed by atoms with Crippen LogP contribution in [-0.4, -0.2) is 38.7 Å². The number of oxime groups is 2. The molecule has 186 valence electrons. The average Bonchev–Trinajstić information content (AvgIpc) is 3.35. The SMILES string of the molecule is CO/N=C(/C(=O)OC)c1ccccc1CO/N=C(\C)c1ccc(C2CCc3cc(OC)ccc32)cc1. The van der Waals surface area contributed by atoms with Crippen LogP contribution in [0.15, 0.2) is 77.0 Å². The summed E-state index contributed by atoms with van der Waals surface area (Å²) < 4.78 is 10.2. The van der Waals surface area contributed by atoms with Gasteiger partial charge < -0.3 is 19.1 Å². The van der Waals surface area contributed by atoms with Gasteiger partial charge in [0.1, 0.15) is 19.5 Å². The number of esters is 1. The maximum atomic E-state index is 12.1. The molecule has 1 aliphatic carbocycles. The average molecular weight is 487 g/mol. The standard InChI is InChI=1S/C29H30N2O5/c1-19(30-36-18-23-7-5-6-8-27(23)28(31-35-4)29(32)34-3)20-9-11-21(12-10-20)25-15-13-22-17-24(33-2)14-16-26(22)25/h5-12,14,16-17,25H,13,15,18H2,1-4H3/b30-19+,31-28+. The smallest absolute Gasteiger partial charge is 0.360 e. The zero-order valence-corrected chi connectivity index (χ0v) is 21.0. The highest BCUT2D eigenvalue weighted by molar-refractivity contribution is 6.43. The number of ether oxygens (including phenoxy) is 2. The van der Waals surface area contributed by atoms with Gasteiger partial charge in [0.25, 0.3) is 0 Å². The fourth-order valence-corrected chi connectivity index (χ4v) is 4.54. The first-order valence-corrected chi connectivity index (χ1v) is 11.8. The Morgan fingerprint density at radius 3 is 2.47 bits per heavy atom. The quantitative estimate of drug-likeness (QED) is 0.235. The van der Waals surface area contributed by atoms with Gasteiger partial charge in [0.15, 0.2) is 5.71 Å². The highest BCUT2D eigenvalue weighted by Gasteiger charge is 2.24. The van der Waals surface area contributed by atoms with E-state index in [9.17, 15) is 4.79 Å². The van der Waals surface area contributed by atoms with Crippen LogP contribution >= 0.6 is 0 Å². The molecule has 4 rings (SSSR count). The van der Waals surface area contributed by atoms with Gasteiger partial charge in [0.05, 0.1) is 19.9 Å². The van der Waals surface area contributed by atoms with Gasteiger partial charge in [0.2, 0.25) is 0 Å². The van der Waals surface area contributed by atoms with Crippen LogP contribution in [0.2, 0.25) is 0 Å². The van der Waals surface area contributed by atoms with Gasteiger partial charge in [-0.2, -0.15) is 0 Å². The van der Waals surface area contributed by atoms with Crippen LogP contribution in [0.1, 0.15) is 52.6 Å². The maximum Gasteiger partial charge on any atom is 0.360 e. The second-order valence-corrected chi connectivity index (χ2v) is 8.50. The van der Waals surface area contributed by atoms with E-state index < -0.39 is 5.97 Å². The fraction of sp³-hybridized carbons (Fsp3) is 0.276. The first-order chi connectivity index (χ1) is 17.5. The van der Waals surface area contributed by atoms with Crippen molar-refractivity contribution >= 4 is 17.4 Å². The van der Waals surface area contributed by atoms with Crippen molar-refractivity contribution in [1.29, 1.82) is 0 Å². The summed E-state index contributed by atoms with van der Waals surface area (Å²) in [4.78, 5) is 22.6. The van der Waals surface area contributed by atoms with Crippen LogP contribution in [-0.2, 0) is 32.2 Å². The van der Waals surface area contributed by atoms with Crippen LogP contribution in [0.4, 0.5) is 0 Å². The molecule has 0 spiro atoms. The molecule has 0 amide bonds. The molecule has 0 bridgehead atoms. The molecular weight excluding hydrogens is 456 g/mol. The molecule has 0 radical (unpaired) electrons. The van der Waals surface area contributed by atoms with Gasteiger partial charge in [-0.25, -0.2) is 4.79 Å². The Morgan fingerprint density at radius 1 is 0.972 bits per heavy atom. The third-order valence-electron chi connectivity index (χ3n) is 6.41. The lowest BCUT2D eigenvalue weighted by molar-refractivity contribution is -0.132.